The SMILES string of the molecule is CN(C)c1c2ncn([C@H]3C[C@H](O)[C@@H](COP(=O)(O)O)O3)c2nc(=O)n1C. The summed E-state index contributed by atoms with van der Waals surface area (Å²) >= 11 is 0. The molecule has 1 saturated heterocycles. The van der Waals surface area contributed by atoms with Gasteiger partial charge in [0.1, 0.15) is 23.7 Å². The minimum atomic E-state index is -4.67. The van der Waals surface area contributed by atoms with Gasteiger partial charge in [0, 0.05) is 27.6 Å². The van der Waals surface area contributed by atoms with Crippen LogP contribution in [0.5, 0.6) is 0 Å². The molecule has 3 N–H and O–H groups in total. The van der Waals surface area contributed by atoms with Crippen LogP contribution in [0.1, 0.15) is 12.6 Å². The highest BCUT2D eigenvalue weighted by Crippen LogP contribution is 2.38. The molecule has 3 heterocycles. The van der Waals surface area contributed by atoms with Crippen LogP contribution in [0, 0.1) is 0 Å². The van der Waals surface area contributed by atoms with Crippen molar-refractivity contribution in [3.63, 3.8) is 0 Å². The summed E-state index contributed by atoms with van der Waals surface area (Å²) in [6, 6.07) is 0. The minimum Gasteiger partial charge on any atom is -0.390 e. The average Bonchev–Trinajstić information content (AvgIpc) is 3.08. The van der Waals surface area contributed by atoms with E-state index in [2.05, 4.69) is 14.5 Å². The van der Waals surface area contributed by atoms with Crippen molar-refractivity contribution < 1.29 is 28.7 Å². The van der Waals surface area contributed by atoms with E-state index in [1.54, 1.807) is 26.0 Å². The fourth-order valence-electron chi connectivity index (χ4n) is 2.97. The molecule has 1 aliphatic rings. The predicted octanol–water partition coefficient (Wildman–Crippen LogP) is -1.05. The van der Waals surface area contributed by atoms with E-state index >= 15 is 0 Å². The molecule has 0 bridgehead atoms. The second kappa shape index (κ2) is 6.72. The smallest absolute Gasteiger partial charge is 0.390 e. The van der Waals surface area contributed by atoms with Crippen molar-refractivity contribution in [1.82, 2.24) is 19.1 Å². The molecule has 144 valence electrons. The van der Waals surface area contributed by atoms with Crippen LogP contribution in [0.4, 0.5) is 5.82 Å². The molecule has 0 aromatic carbocycles. The van der Waals surface area contributed by atoms with E-state index < -0.39 is 38.6 Å². The van der Waals surface area contributed by atoms with Crippen LogP contribution >= 0.6 is 7.82 Å². The lowest BCUT2D eigenvalue weighted by Gasteiger charge is -2.18. The molecular formula is C13H20N5O7P. The summed E-state index contributed by atoms with van der Waals surface area (Å²) in [6.07, 6.45) is -1.04. The van der Waals surface area contributed by atoms with E-state index in [1.165, 1.54) is 15.5 Å². The Kier molecular flexibility index (Phi) is 4.90. The fraction of sp³-hybridized carbons (Fsp3) is 0.615. The van der Waals surface area contributed by atoms with Gasteiger partial charge >= 0.3 is 13.5 Å². The van der Waals surface area contributed by atoms with Crippen LogP contribution in [0.15, 0.2) is 11.1 Å². The van der Waals surface area contributed by atoms with Gasteiger partial charge in [-0.05, 0) is 0 Å². The summed E-state index contributed by atoms with van der Waals surface area (Å²) in [7, 11) is 0.479. The summed E-state index contributed by atoms with van der Waals surface area (Å²) < 4.78 is 23.8. The van der Waals surface area contributed by atoms with Crippen LogP contribution in [0.25, 0.3) is 11.2 Å². The molecular weight excluding hydrogens is 369 g/mol. The number of aliphatic hydroxyl groups excluding tert-OH is 1. The Morgan fingerprint density at radius 2 is 2.15 bits per heavy atom. The van der Waals surface area contributed by atoms with Crippen molar-refractivity contribution in [1.29, 1.82) is 0 Å². The average molecular weight is 389 g/mol. The maximum atomic E-state index is 12.2. The number of fused-ring (bicyclic) bond motifs is 1. The molecule has 1 aliphatic heterocycles. The normalized spacial score (nSPS) is 23.7. The van der Waals surface area contributed by atoms with Crippen LogP contribution in [-0.2, 0) is 20.9 Å². The maximum absolute atomic E-state index is 12.2. The third-order valence-corrected chi connectivity index (χ3v) is 4.62. The van der Waals surface area contributed by atoms with E-state index in [4.69, 9.17) is 14.5 Å². The highest BCUT2D eigenvalue weighted by Gasteiger charge is 2.37. The van der Waals surface area contributed by atoms with Crippen LogP contribution in [0.3, 0.4) is 0 Å². The van der Waals surface area contributed by atoms with E-state index in [-0.39, 0.29) is 6.42 Å². The summed E-state index contributed by atoms with van der Waals surface area (Å²) in [6.45, 7) is -0.466. The Morgan fingerprint density at radius 3 is 2.77 bits per heavy atom. The summed E-state index contributed by atoms with van der Waals surface area (Å²) in [5.74, 6) is 0.568. The van der Waals surface area contributed by atoms with Gasteiger partial charge in [-0.2, -0.15) is 4.98 Å². The second-order valence-electron chi connectivity index (χ2n) is 6.21. The van der Waals surface area contributed by atoms with E-state index in [1.807, 2.05) is 0 Å². The molecule has 0 aliphatic carbocycles. The van der Waals surface area contributed by atoms with Gasteiger partial charge in [-0.15, -0.1) is 0 Å². The molecule has 0 saturated carbocycles. The van der Waals surface area contributed by atoms with Gasteiger partial charge in [-0.1, -0.05) is 0 Å². The van der Waals surface area contributed by atoms with E-state index in [0.717, 1.165) is 0 Å². The first-order chi connectivity index (χ1) is 12.1. The van der Waals surface area contributed by atoms with Gasteiger partial charge in [0.15, 0.2) is 5.65 Å². The van der Waals surface area contributed by atoms with Gasteiger partial charge < -0.3 is 24.5 Å². The number of imidazole rings is 1. The zero-order valence-electron chi connectivity index (χ0n) is 14.4. The fourth-order valence-corrected chi connectivity index (χ4v) is 3.31. The lowest BCUT2D eigenvalue weighted by molar-refractivity contribution is -0.0424. The molecule has 0 amide bonds. The highest BCUT2D eigenvalue weighted by molar-refractivity contribution is 7.46. The Labute approximate surface area is 147 Å². The topological polar surface area (TPSA) is 152 Å². The number of ether oxygens (including phenoxy) is 1. The number of nitrogens with zero attached hydrogens (tertiary/aromatic N) is 5. The van der Waals surface area contributed by atoms with Gasteiger partial charge in [-0.25, -0.2) is 14.3 Å². The summed E-state index contributed by atoms with van der Waals surface area (Å²) in [5.41, 5.74) is 0.318. The van der Waals surface area contributed by atoms with Gasteiger partial charge in [0.05, 0.1) is 19.0 Å². The molecule has 3 rings (SSSR count). The Bertz CT molecular complexity index is 919. The van der Waals surface area contributed by atoms with Gasteiger partial charge in [0.2, 0.25) is 0 Å². The predicted molar refractivity (Wildman–Crippen MR) is 89.6 cm³/mol. The van der Waals surface area contributed by atoms with Crippen molar-refractivity contribution in [3.05, 3.63) is 16.8 Å². The first-order valence-corrected chi connectivity index (χ1v) is 9.26. The van der Waals surface area contributed by atoms with Crippen LogP contribution in [-0.4, -0.2) is 66.9 Å². The van der Waals surface area contributed by atoms with Crippen LogP contribution < -0.4 is 10.6 Å². The quantitative estimate of drug-likeness (QED) is 0.540. The van der Waals surface area contributed by atoms with Crippen molar-refractivity contribution in [2.45, 2.75) is 24.9 Å². The zero-order valence-corrected chi connectivity index (χ0v) is 15.3. The van der Waals surface area contributed by atoms with Crippen molar-refractivity contribution in [2.24, 2.45) is 7.05 Å². The Hall–Kier alpha value is -1.82. The van der Waals surface area contributed by atoms with Gasteiger partial charge in [0.25, 0.3) is 0 Å². The summed E-state index contributed by atoms with van der Waals surface area (Å²) in [5, 5.41) is 10.1. The van der Waals surface area contributed by atoms with E-state index in [9.17, 15) is 14.5 Å². The monoisotopic (exact) mass is 389 g/mol. The molecule has 1 fully saturated rings. The maximum Gasteiger partial charge on any atom is 0.469 e. The third kappa shape index (κ3) is 3.52. The number of phosphoric ester groups is 1. The minimum absolute atomic E-state index is 0.134. The molecule has 26 heavy (non-hydrogen) atoms. The molecule has 13 heteroatoms. The molecule has 2 aromatic heterocycles. The molecule has 3 atom stereocenters. The molecule has 0 radical (unpaired) electrons. The second-order valence-corrected chi connectivity index (χ2v) is 7.45. The lowest BCUT2D eigenvalue weighted by Crippen LogP contribution is -2.27. The molecule has 0 spiro atoms. The molecule has 2 aromatic rings. The first-order valence-electron chi connectivity index (χ1n) is 7.73. The number of hydrogen-bond donors (Lipinski definition) is 3. The third-order valence-electron chi connectivity index (χ3n) is 4.13. The van der Waals surface area contributed by atoms with Crippen molar-refractivity contribution in [3.8, 4) is 0 Å². The first kappa shape index (κ1) is 19.0. The number of anilines is 1. The number of aliphatic hydroxyl groups is 1. The number of aromatic nitrogens is 4. The summed E-state index contributed by atoms with van der Waals surface area (Å²) in [4.78, 5) is 39.8. The van der Waals surface area contributed by atoms with Crippen molar-refractivity contribution >= 4 is 24.8 Å². The standard InChI is InChI=1S/C13H20N5O7P/c1-16(2)12-10-11(15-13(20)17(12)3)18(6-14-10)9-4-7(19)8(25-9)5-24-26(21,22)23/h6-9,19H,4-5H2,1-3H3,(H2,21,22,23)/t7-,8+,9+/m0/s1. The Balaban J connectivity index is 1.92. The van der Waals surface area contributed by atoms with Gasteiger partial charge in [-0.3, -0.25) is 13.7 Å². The number of hydrogen-bond acceptors (Lipinski definition) is 8. The lowest BCUT2D eigenvalue weighted by atomic mass is 10.2. The number of rotatable bonds is 5. The zero-order chi connectivity index (χ0) is 19.2. The van der Waals surface area contributed by atoms with E-state index in [0.29, 0.717) is 17.0 Å². The number of phosphoric acid groups is 1. The molecule has 0 unspecified atom stereocenters. The van der Waals surface area contributed by atoms with Crippen LogP contribution in [0.2, 0.25) is 0 Å². The Morgan fingerprint density at radius 1 is 1.46 bits per heavy atom. The molecule has 12 nitrogen and oxygen atoms in total. The highest BCUT2D eigenvalue weighted by atomic mass is 31.2. The largest absolute Gasteiger partial charge is 0.469 e. The van der Waals surface area contributed by atoms with Crippen molar-refractivity contribution in [2.75, 3.05) is 25.6 Å².